The molecule has 0 bridgehead atoms. The average molecular weight is 239 g/mol. The van der Waals surface area contributed by atoms with Gasteiger partial charge in [0.2, 0.25) is 5.12 Å². The first-order valence-electron chi connectivity index (χ1n) is 3.49. The van der Waals surface area contributed by atoms with Gasteiger partial charge in [-0.1, -0.05) is 23.2 Å². The summed E-state index contributed by atoms with van der Waals surface area (Å²) in [5, 5.41) is 6.38. The summed E-state index contributed by atoms with van der Waals surface area (Å²) in [6.07, 6.45) is 0. The molecule has 5 amide bonds. The number of hydrogen-bond acceptors (Lipinski definition) is 3. The van der Waals surface area contributed by atoms with Crippen molar-refractivity contribution in [1.29, 1.82) is 0 Å². The Morgan fingerprint density at radius 2 is 1.50 bits per heavy atom. The van der Waals surface area contributed by atoms with Crippen LogP contribution in [0, 0.1) is 0 Å². The molecular weight excluding hydrogens is 235 g/mol. The maximum absolute atomic E-state index is 11.3. The van der Waals surface area contributed by atoms with E-state index in [1.54, 1.807) is 0 Å². The number of imide groups is 1. The number of fused-ring (bicyclic) bond motifs is 1. The highest BCUT2D eigenvalue weighted by Gasteiger charge is 2.65. The Kier molecular flexibility index (Phi) is 1.62. The Labute approximate surface area is 87.5 Å². The zero-order chi connectivity index (χ0) is 10.6. The third-order valence-corrected chi connectivity index (χ3v) is 2.99. The SMILES string of the molecule is O=C1NC(=O)C2(Cl)NC(=O)NC2(Cl)N1. The van der Waals surface area contributed by atoms with Crippen LogP contribution >= 0.6 is 23.2 Å². The summed E-state index contributed by atoms with van der Waals surface area (Å²) in [5.41, 5.74) is 0. The lowest BCUT2D eigenvalue weighted by Crippen LogP contribution is -2.75. The van der Waals surface area contributed by atoms with Gasteiger partial charge < -0.3 is 5.32 Å². The molecule has 2 saturated heterocycles. The Bertz CT molecular complexity index is 361. The van der Waals surface area contributed by atoms with Crippen molar-refractivity contribution in [2.75, 3.05) is 0 Å². The van der Waals surface area contributed by atoms with Crippen molar-refractivity contribution in [1.82, 2.24) is 21.3 Å². The zero-order valence-electron chi connectivity index (χ0n) is 6.48. The van der Waals surface area contributed by atoms with E-state index in [4.69, 9.17) is 23.2 Å². The molecule has 0 aromatic rings. The Morgan fingerprint density at radius 1 is 0.929 bits per heavy atom. The molecular formula is C5H4Cl2N4O3. The first-order chi connectivity index (χ1) is 6.37. The minimum atomic E-state index is -1.92. The number of halogens is 2. The molecule has 2 heterocycles. The second kappa shape index (κ2) is 2.43. The van der Waals surface area contributed by atoms with E-state index in [1.165, 1.54) is 0 Å². The van der Waals surface area contributed by atoms with Crippen LogP contribution in [0.15, 0.2) is 0 Å². The average Bonchev–Trinajstić information content (AvgIpc) is 2.21. The molecule has 9 heteroatoms. The summed E-state index contributed by atoms with van der Waals surface area (Å²) in [7, 11) is 0. The van der Waals surface area contributed by atoms with Gasteiger partial charge in [-0.05, 0) is 0 Å². The molecule has 0 saturated carbocycles. The molecule has 76 valence electrons. The topological polar surface area (TPSA) is 99.3 Å². The van der Waals surface area contributed by atoms with Gasteiger partial charge in [-0.3, -0.25) is 20.7 Å². The minimum Gasteiger partial charge on any atom is -0.307 e. The third-order valence-electron chi connectivity index (χ3n) is 1.87. The van der Waals surface area contributed by atoms with Crippen LogP contribution in [0.25, 0.3) is 0 Å². The second-order valence-corrected chi connectivity index (χ2v) is 3.94. The quantitative estimate of drug-likeness (QED) is 0.321. The van der Waals surface area contributed by atoms with E-state index in [0.717, 1.165) is 0 Å². The Morgan fingerprint density at radius 3 is 2.14 bits per heavy atom. The number of amides is 5. The van der Waals surface area contributed by atoms with Crippen LogP contribution in [0.5, 0.6) is 0 Å². The Hall–Kier alpha value is -1.21. The van der Waals surface area contributed by atoms with Gasteiger partial charge in [-0.25, -0.2) is 9.59 Å². The molecule has 2 aliphatic heterocycles. The summed E-state index contributed by atoms with van der Waals surface area (Å²) in [4.78, 5) is 31.3. The first kappa shape index (κ1) is 9.35. The molecule has 14 heavy (non-hydrogen) atoms. The summed E-state index contributed by atoms with van der Waals surface area (Å²) in [6.45, 7) is 0. The molecule has 4 N–H and O–H groups in total. The van der Waals surface area contributed by atoms with Gasteiger partial charge >= 0.3 is 12.1 Å². The highest BCUT2D eigenvalue weighted by molar-refractivity contribution is 6.46. The molecule has 0 radical (unpaired) electrons. The number of nitrogens with one attached hydrogen (secondary N) is 4. The predicted octanol–water partition coefficient (Wildman–Crippen LogP) is -1.03. The van der Waals surface area contributed by atoms with E-state index in [1.807, 2.05) is 5.32 Å². The number of alkyl halides is 2. The molecule has 2 aliphatic rings. The van der Waals surface area contributed by atoms with Crippen LogP contribution in [0.3, 0.4) is 0 Å². The smallest absolute Gasteiger partial charge is 0.307 e. The summed E-state index contributed by atoms with van der Waals surface area (Å²) < 4.78 is 0. The van der Waals surface area contributed by atoms with Gasteiger partial charge in [0.15, 0.2) is 0 Å². The largest absolute Gasteiger partial charge is 0.324 e. The monoisotopic (exact) mass is 238 g/mol. The van der Waals surface area contributed by atoms with Gasteiger partial charge in [-0.15, -0.1) is 0 Å². The van der Waals surface area contributed by atoms with Crippen molar-refractivity contribution >= 4 is 41.2 Å². The molecule has 0 spiro atoms. The van der Waals surface area contributed by atoms with Crippen LogP contribution in [0.2, 0.25) is 0 Å². The van der Waals surface area contributed by atoms with Crippen molar-refractivity contribution in [3.8, 4) is 0 Å². The fourth-order valence-electron chi connectivity index (χ4n) is 1.22. The molecule has 2 fully saturated rings. The van der Waals surface area contributed by atoms with Crippen LogP contribution in [0.4, 0.5) is 9.59 Å². The van der Waals surface area contributed by atoms with Gasteiger partial charge in [0.05, 0.1) is 0 Å². The van der Waals surface area contributed by atoms with Crippen molar-refractivity contribution in [2.24, 2.45) is 0 Å². The van der Waals surface area contributed by atoms with Crippen molar-refractivity contribution < 1.29 is 14.4 Å². The van der Waals surface area contributed by atoms with Crippen molar-refractivity contribution in [2.45, 2.75) is 10.1 Å². The molecule has 2 atom stereocenters. The number of urea groups is 2. The van der Waals surface area contributed by atoms with Crippen LogP contribution in [0.1, 0.15) is 0 Å². The molecule has 0 aromatic heterocycles. The van der Waals surface area contributed by atoms with E-state index < -0.39 is 28.1 Å². The lowest BCUT2D eigenvalue weighted by atomic mass is 10.2. The van der Waals surface area contributed by atoms with Gasteiger partial charge in [0.25, 0.3) is 10.9 Å². The van der Waals surface area contributed by atoms with E-state index >= 15 is 0 Å². The standard InChI is InChI=1S/C5H4Cl2N4O3/c6-4-1(12)8-2(13)10-5(4,7)11-3(14)9-4/h(H2,9,11,14)(H2,8,10,12,13). The number of hydrogen-bond donors (Lipinski definition) is 4. The maximum Gasteiger partial charge on any atom is 0.324 e. The molecule has 2 unspecified atom stereocenters. The molecule has 7 nitrogen and oxygen atoms in total. The normalized spacial score (nSPS) is 40.6. The summed E-state index contributed by atoms with van der Waals surface area (Å²) >= 11 is 11.6. The van der Waals surface area contributed by atoms with Gasteiger partial charge in [-0.2, -0.15) is 0 Å². The van der Waals surface area contributed by atoms with Crippen LogP contribution < -0.4 is 21.3 Å². The molecule has 2 rings (SSSR count). The highest BCUT2D eigenvalue weighted by Crippen LogP contribution is 2.34. The number of rotatable bonds is 0. The fourth-order valence-corrected chi connectivity index (χ4v) is 1.76. The molecule has 0 aromatic carbocycles. The number of carbonyl (C=O) groups excluding carboxylic acids is 3. The Balaban J connectivity index is 2.46. The predicted molar refractivity (Wildman–Crippen MR) is 45.5 cm³/mol. The maximum atomic E-state index is 11.3. The van der Waals surface area contributed by atoms with E-state index in [2.05, 4.69) is 16.0 Å². The fraction of sp³-hybridized carbons (Fsp3) is 0.400. The third kappa shape index (κ3) is 0.962. The van der Waals surface area contributed by atoms with E-state index in [0.29, 0.717) is 0 Å². The number of carbonyl (C=O) groups is 3. The van der Waals surface area contributed by atoms with Crippen molar-refractivity contribution in [3.63, 3.8) is 0 Å². The van der Waals surface area contributed by atoms with Gasteiger partial charge in [0.1, 0.15) is 0 Å². The lowest BCUT2D eigenvalue weighted by molar-refractivity contribution is -0.125. The molecule has 0 aliphatic carbocycles. The highest BCUT2D eigenvalue weighted by atomic mass is 35.5. The van der Waals surface area contributed by atoms with Crippen LogP contribution in [-0.2, 0) is 4.79 Å². The first-order valence-corrected chi connectivity index (χ1v) is 4.25. The zero-order valence-corrected chi connectivity index (χ0v) is 7.99. The summed E-state index contributed by atoms with van der Waals surface area (Å²) in [6, 6.07) is -1.57. The minimum absolute atomic E-state index is 0.743. The van der Waals surface area contributed by atoms with E-state index in [9.17, 15) is 14.4 Å². The van der Waals surface area contributed by atoms with Crippen LogP contribution in [-0.4, -0.2) is 28.1 Å². The van der Waals surface area contributed by atoms with Crippen molar-refractivity contribution in [3.05, 3.63) is 0 Å². The van der Waals surface area contributed by atoms with E-state index in [-0.39, 0.29) is 0 Å². The summed E-state index contributed by atoms with van der Waals surface area (Å²) in [5.74, 6) is -0.892. The van der Waals surface area contributed by atoms with Gasteiger partial charge in [0, 0.05) is 0 Å². The lowest BCUT2D eigenvalue weighted by Gasteiger charge is -2.37. The second-order valence-electron chi connectivity index (χ2n) is 2.80.